The van der Waals surface area contributed by atoms with E-state index in [9.17, 15) is 4.79 Å². The van der Waals surface area contributed by atoms with Gasteiger partial charge in [-0.25, -0.2) is 0 Å². The standard InChI is InChI=1S/C16H31N3O/c1-3-4-5-10-18-16(20)13(2)19-12-7-9-15(19)14-8-6-11-17-14/h13-15,17H,3-12H2,1-2H3,(H,18,20). The van der Waals surface area contributed by atoms with Crippen molar-refractivity contribution in [3.05, 3.63) is 0 Å². The summed E-state index contributed by atoms with van der Waals surface area (Å²) >= 11 is 0. The maximum atomic E-state index is 12.3. The summed E-state index contributed by atoms with van der Waals surface area (Å²) in [4.78, 5) is 14.7. The predicted molar refractivity (Wildman–Crippen MR) is 82.7 cm³/mol. The molecule has 0 aromatic heterocycles. The summed E-state index contributed by atoms with van der Waals surface area (Å²) in [5.41, 5.74) is 0. The molecule has 4 heteroatoms. The average molecular weight is 281 g/mol. The zero-order valence-corrected chi connectivity index (χ0v) is 13.2. The molecule has 2 aliphatic rings. The Morgan fingerprint density at radius 3 is 2.90 bits per heavy atom. The molecule has 2 fully saturated rings. The number of rotatable bonds is 7. The van der Waals surface area contributed by atoms with Crippen molar-refractivity contribution in [2.45, 2.75) is 76.9 Å². The molecule has 0 aromatic carbocycles. The summed E-state index contributed by atoms with van der Waals surface area (Å²) in [5.74, 6) is 0.214. The van der Waals surface area contributed by atoms with Crippen LogP contribution >= 0.6 is 0 Å². The number of carbonyl (C=O) groups is 1. The Labute approximate surface area is 123 Å². The zero-order chi connectivity index (χ0) is 14.4. The van der Waals surface area contributed by atoms with E-state index in [0.29, 0.717) is 12.1 Å². The van der Waals surface area contributed by atoms with Crippen molar-refractivity contribution >= 4 is 5.91 Å². The number of likely N-dealkylation sites (tertiary alicyclic amines) is 1. The van der Waals surface area contributed by atoms with Gasteiger partial charge in [0.15, 0.2) is 0 Å². The fraction of sp³-hybridized carbons (Fsp3) is 0.938. The highest BCUT2D eigenvalue weighted by atomic mass is 16.2. The van der Waals surface area contributed by atoms with E-state index in [4.69, 9.17) is 0 Å². The van der Waals surface area contributed by atoms with E-state index in [1.54, 1.807) is 0 Å². The first kappa shape index (κ1) is 15.8. The lowest BCUT2D eigenvalue weighted by Crippen LogP contribution is -2.52. The van der Waals surface area contributed by atoms with Gasteiger partial charge in [-0.2, -0.15) is 0 Å². The minimum Gasteiger partial charge on any atom is -0.355 e. The Bertz CT molecular complexity index is 302. The Hall–Kier alpha value is -0.610. The van der Waals surface area contributed by atoms with Crippen molar-refractivity contribution < 1.29 is 4.79 Å². The molecule has 1 amide bonds. The second-order valence-corrected chi connectivity index (χ2v) is 6.32. The fourth-order valence-electron chi connectivity index (χ4n) is 3.65. The lowest BCUT2D eigenvalue weighted by molar-refractivity contribution is -0.126. The molecular formula is C16H31N3O. The largest absolute Gasteiger partial charge is 0.355 e. The van der Waals surface area contributed by atoms with Gasteiger partial charge in [0.25, 0.3) is 0 Å². The van der Waals surface area contributed by atoms with Crippen molar-refractivity contribution in [3.8, 4) is 0 Å². The number of nitrogens with zero attached hydrogens (tertiary/aromatic N) is 1. The molecule has 3 atom stereocenters. The molecule has 2 N–H and O–H groups in total. The van der Waals surface area contributed by atoms with Crippen molar-refractivity contribution in [3.63, 3.8) is 0 Å². The Kier molecular flexibility index (Phi) is 6.30. The van der Waals surface area contributed by atoms with E-state index < -0.39 is 0 Å². The highest BCUT2D eigenvalue weighted by Gasteiger charge is 2.37. The lowest BCUT2D eigenvalue weighted by Gasteiger charge is -2.33. The molecule has 4 nitrogen and oxygen atoms in total. The van der Waals surface area contributed by atoms with Crippen LogP contribution in [0.15, 0.2) is 0 Å². The Morgan fingerprint density at radius 2 is 2.20 bits per heavy atom. The molecule has 0 bridgehead atoms. The average Bonchev–Trinajstić information content (AvgIpc) is 3.11. The molecule has 2 saturated heterocycles. The summed E-state index contributed by atoms with van der Waals surface area (Å²) in [6.45, 7) is 7.31. The van der Waals surface area contributed by atoms with Crippen molar-refractivity contribution in [1.29, 1.82) is 0 Å². The van der Waals surface area contributed by atoms with Gasteiger partial charge in [-0.15, -0.1) is 0 Å². The number of amides is 1. The molecule has 116 valence electrons. The summed E-state index contributed by atoms with van der Waals surface area (Å²) in [5, 5.41) is 6.71. The molecule has 2 heterocycles. The first-order valence-corrected chi connectivity index (χ1v) is 8.51. The Balaban J connectivity index is 1.80. The molecule has 0 aromatic rings. The molecule has 0 radical (unpaired) electrons. The molecular weight excluding hydrogens is 250 g/mol. The van der Waals surface area contributed by atoms with Gasteiger partial charge in [-0.3, -0.25) is 9.69 Å². The summed E-state index contributed by atoms with van der Waals surface area (Å²) in [6, 6.07) is 1.19. The molecule has 0 aliphatic carbocycles. The van der Waals surface area contributed by atoms with Crippen LogP contribution in [0.3, 0.4) is 0 Å². The summed E-state index contributed by atoms with van der Waals surface area (Å²) < 4.78 is 0. The van der Waals surface area contributed by atoms with Crippen molar-refractivity contribution in [1.82, 2.24) is 15.5 Å². The van der Waals surface area contributed by atoms with Gasteiger partial charge in [0.1, 0.15) is 0 Å². The number of carbonyl (C=O) groups excluding carboxylic acids is 1. The fourth-order valence-corrected chi connectivity index (χ4v) is 3.65. The van der Waals surface area contributed by atoms with E-state index in [2.05, 4.69) is 29.4 Å². The van der Waals surface area contributed by atoms with Gasteiger partial charge in [-0.05, 0) is 52.1 Å². The smallest absolute Gasteiger partial charge is 0.237 e. The minimum atomic E-state index is 0.0199. The number of unbranched alkanes of at least 4 members (excludes halogenated alkanes) is 2. The number of hydrogen-bond acceptors (Lipinski definition) is 3. The second kappa shape index (κ2) is 7.99. The monoisotopic (exact) mass is 281 g/mol. The SMILES string of the molecule is CCCCCNC(=O)C(C)N1CCCC1C1CCCN1. The van der Waals surface area contributed by atoms with Crippen molar-refractivity contribution in [2.75, 3.05) is 19.6 Å². The van der Waals surface area contributed by atoms with E-state index in [-0.39, 0.29) is 11.9 Å². The van der Waals surface area contributed by atoms with Crippen LogP contribution in [0.2, 0.25) is 0 Å². The first-order valence-electron chi connectivity index (χ1n) is 8.51. The second-order valence-electron chi connectivity index (χ2n) is 6.32. The van der Waals surface area contributed by atoms with Crippen LogP contribution < -0.4 is 10.6 Å². The molecule has 20 heavy (non-hydrogen) atoms. The number of nitrogens with one attached hydrogen (secondary N) is 2. The number of hydrogen-bond donors (Lipinski definition) is 2. The van der Waals surface area contributed by atoms with Gasteiger partial charge < -0.3 is 10.6 Å². The maximum Gasteiger partial charge on any atom is 0.237 e. The van der Waals surface area contributed by atoms with Gasteiger partial charge in [0.2, 0.25) is 5.91 Å². The van der Waals surface area contributed by atoms with Gasteiger partial charge >= 0.3 is 0 Å². The van der Waals surface area contributed by atoms with E-state index in [0.717, 1.165) is 26.1 Å². The van der Waals surface area contributed by atoms with Crippen LogP contribution in [0.4, 0.5) is 0 Å². The van der Waals surface area contributed by atoms with E-state index in [1.807, 2.05) is 0 Å². The van der Waals surface area contributed by atoms with Gasteiger partial charge in [0.05, 0.1) is 6.04 Å². The molecule has 2 rings (SSSR count). The van der Waals surface area contributed by atoms with Crippen LogP contribution in [-0.4, -0.2) is 48.6 Å². The maximum absolute atomic E-state index is 12.3. The molecule has 3 unspecified atom stereocenters. The highest BCUT2D eigenvalue weighted by molar-refractivity contribution is 5.81. The third kappa shape index (κ3) is 3.95. The van der Waals surface area contributed by atoms with Crippen LogP contribution in [0.1, 0.15) is 58.8 Å². The van der Waals surface area contributed by atoms with E-state index >= 15 is 0 Å². The molecule has 0 spiro atoms. The molecule has 2 aliphatic heterocycles. The molecule has 0 saturated carbocycles. The third-order valence-corrected chi connectivity index (χ3v) is 4.86. The van der Waals surface area contributed by atoms with Gasteiger partial charge in [-0.1, -0.05) is 19.8 Å². The van der Waals surface area contributed by atoms with Crippen molar-refractivity contribution in [2.24, 2.45) is 0 Å². The normalized spacial score (nSPS) is 28.7. The highest BCUT2D eigenvalue weighted by Crippen LogP contribution is 2.26. The third-order valence-electron chi connectivity index (χ3n) is 4.86. The van der Waals surface area contributed by atoms with Gasteiger partial charge in [0, 0.05) is 18.6 Å². The summed E-state index contributed by atoms with van der Waals surface area (Å²) in [7, 11) is 0. The predicted octanol–water partition coefficient (Wildman–Crippen LogP) is 1.90. The topological polar surface area (TPSA) is 44.4 Å². The quantitative estimate of drug-likeness (QED) is 0.701. The zero-order valence-electron chi connectivity index (χ0n) is 13.2. The summed E-state index contributed by atoms with van der Waals surface area (Å²) in [6.07, 6.45) is 8.53. The van der Waals surface area contributed by atoms with Crippen LogP contribution in [0.5, 0.6) is 0 Å². The van der Waals surface area contributed by atoms with E-state index in [1.165, 1.54) is 38.5 Å². The van der Waals surface area contributed by atoms with Crippen LogP contribution in [0, 0.1) is 0 Å². The Morgan fingerprint density at radius 1 is 1.35 bits per heavy atom. The minimum absolute atomic E-state index is 0.0199. The van der Waals surface area contributed by atoms with Crippen LogP contribution in [-0.2, 0) is 4.79 Å². The first-order chi connectivity index (χ1) is 9.74. The van der Waals surface area contributed by atoms with Crippen LogP contribution in [0.25, 0.3) is 0 Å². The lowest BCUT2D eigenvalue weighted by atomic mass is 10.0.